The molecule has 1 fully saturated rings. The Bertz CT molecular complexity index is 952. The van der Waals surface area contributed by atoms with E-state index in [2.05, 4.69) is 33.7 Å². The standard InChI is InChI=1S/C19H22N4O2/c1-11-6-7-22(10-11)19-20-15-5-4-14(16-12(2)21-25-13(16)3)18-17(15)23(19)8-9-24-18/h4-5,11H,6-10H2,1-3H3. The third kappa shape index (κ3) is 2.09. The van der Waals surface area contributed by atoms with Crippen LogP contribution < -0.4 is 9.64 Å². The maximum atomic E-state index is 6.11. The van der Waals surface area contributed by atoms with Crippen molar-refractivity contribution in [1.29, 1.82) is 0 Å². The van der Waals surface area contributed by atoms with Crippen LogP contribution >= 0.6 is 0 Å². The van der Waals surface area contributed by atoms with Crippen molar-refractivity contribution in [2.45, 2.75) is 33.7 Å². The number of rotatable bonds is 2. The minimum absolute atomic E-state index is 0.662. The van der Waals surface area contributed by atoms with Crippen LogP contribution in [-0.2, 0) is 6.54 Å². The lowest BCUT2D eigenvalue weighted by Crippen LogP contribution is -2.25. The number of aromatic nitrogens is 3. The van der Waals surface area contributed by atoms with Crippen LogP contribution in [0.2, 0.25) is 0 Å². The minimum atomic E-state index is 0.662. The summed E-state index contributed by atoms with van der Waals surface area (Å²) in [5.41, 5.74) is 5.06. The number of anilines is 1. The predicted molar refractivity (Wildman–Crippen MR) is 96.2 cm³/mol. The van der Waals surface area contributed by atoms with Crippen molar-refractivity contribution in [2.24, 2.45) is 5.92 Å². The van der Waals surface area contributed by atoms with E-state index < -0.39 is 0 Å². The number of hydrogen-bond donors (Lipinski definition) is 0. The Morgan fingerprint density at radius 3 is 2.80 bits per heavy atom. The first-order chi connectivity index (χ1) is 12.1. The number of ether oxygens (including phenoxy) is 1. The SMILES string of the molecule is Cc1noc(C)c1-c1ccc2nc(N3CCC(C)C3)n3c2c1OCC3. The maximum absolute atomic E-state index is 6.11. The van der Waals surface area contributed by atoms with Crippen molar-refractivity contribution < 1.29 is 9.26 Å². The Hall–Kier alpha value is -2.50. The van der Waals surface area contributed by atoms with E-state index >= 15 is 0 Å². The van der Waals surface area contributed by atoms with Gasteiger partial charge >= 0.3 is 0 Å². The summed E-state index contributed by atoms with van der Waals surface area (Å²) in [6.45, 7) is 9.89. The van der Waals surface area contributed by atoms with Gasteiger partial charge in [-0.05, 0) is 38.3 Å². The van der Waals surface area contributed by atoms with Crippen LogP contribution in [0.15, 0.2) is 16.7 Å². The molecule has 3 aromatic rings. The van der Waals surface area contributed by atoms with Crippen molar-refractivity contribution in [2.75, 3.05) is 24.6 Å². The summed E-state index contributed by atoms with van der Waals surface area (Å²) in [6, 6.07) is 4.18. The minimum Gasteiger partial charge on any atom is -0.489 e. The van der Waals surface area contributed by atoms with Gasteiger partial charge in [0.05, 0.1) is 23.3 Å². The van der Waals surface area contributed by atoms with Crippen LogP contribution in [0.5, 0.6) is 5.75 Å². The molecule has 2 aliphatic rings. The number of nitrogens with zero attached hydrogens (tertiary/aromatic N) is 4. The van der Waals surface area contributed by atoms with Gasteiger partial charge in [0, 0.05) is 18.7 Å². The van der Waals surface area contributed by atoms with E-state index in [0.717, 1.165) is 70.9 Å². The molecule has 0 N–H and O–H groups in total. The van der Waals surface area contributed by atoms with Crippen LogP contribution in [0, 0.1) is 19.8 Å². The van der Waals surface area contributed by atoms with Gasteiger partial charge in [-0.15, -0.1) is 0 Å². The number of hydrogen-bond acceptors (Lipinski definition) is 5. The lowest BCUT2D eigenvalue weighted by Gasteiger charge is -2.23. The van der Waals surface area contributed by atoms with Crippen molar-refractivity contribution in [1.82, 2.24) is 14.7 Å². The van der Waals surface area contributed by atoms with E-state index in [1.165, 1.54) is 6.42 Å². The topological polar surface area (TPSA) is 56.3 Å². The first kappa shape index (κ1) is 14.8. The Morgan fingerprint density at radius 2 is 2.08 bits per heavy atom. The lowest BCUT2D eigenvalue weighted by molar-refractivity contribution is 0.288. The molecule has 1 saturated heterocycles. The average molecular weight is 338 g/mol. The van der Waals surface area contributed by atoms with Crippen LogP contribution in [-0.4, -0.2) is 34.4 Å². The van der Waals surface area contributed by atoms with Gasteiger partial charge < -0.3 is 18.7 Å². The molecule has 130 valence electrons. The second kappa shape index (κ2) is 5.25. The summed E-state index contributed by atoms with van der Waals surface area (Å²) in [4.78, 5) is 7.35. The third-order valence-electron chi connectivity index (χ3n) is 5.41. The second-order valence-electron chi connectivity index (χ2n) is 7.26. The summed E-state index contributed by atoms with van der Waals surface area (Å²) in [7, 11) is 0. The summed E-state index contributed by atoms with van der Waals surface area (Å²) < 4.78 is 13.8. The molecule has 2 aromatic heterocycles. The highest BCUT2D eigenvalue weighted by Crippen LogP contribution is 2.43. The van der Waals surface area contributed by atoms with Crippen molar-refractivity contribution >= 4 is 17.0 Å². The highest BCUT2D eigenvalue weighted by atomic mass is 16.5. The number of aryl methyl sites for hydroxylation is 2. The monoisotopic (exact) mass is 338 g/mol. The predicted octanol–water partition coefficient (Wildman–Crippen LogP) is 3.55. The molecule has 25 heavy (non-hydrogen) atoms. The maximum Gasteiger partial charge on any atom is 0.206 e. The Balaban J connectivity index is 1.73. The van der Waals surface area contributed by atoms with E-state index in [1.54, 1.807) is 0 Å². The molecule has 2 aliphatic heterocycles. The fraction of sp³-hybridized carbons (Fsp3) is 0.474. The molecule has 0 aliphatic carbocycles. The molecule has 6 heteroatoms. The normalized spacial score (nSPS) is 19.6. The molecule has 0 radical (unpaired) electrons. The number of benzene rings is 1. The Morgan fingerprint density at radius 1 is 1.20 bits per heavy atom. The van der Waals surface area contributed by atoms with Crippen molar-refractivity contribution in [3.63, 3.8) is 0 Å². The zero-order chi connectivity index (χ0) is 17.1. The first-order valence-corrected chi connectivity index (χ1v) is 8.97. The first-order valence-electron chi connectivity index (χ1n) is 8.97. The quantitative estimate of drug-likeness (QED) is 0.715. The Kier molecular flexibility index (Phi) is 3.11. The molecule has 0 spiro atoms. The fourth-order valence-corrected chi connectivity index (χ4v) is 4.20. The van der Waals surface area contributed by atoms with Gasteiger partial charge in [0.1, 0.15) is 17.9 Å². The molecule has 1 atom stereocenters. The van der Waals surface area contributed by atoms with Gasteiger partial charge in [-0.1, -0.05) is 12.1 Å². The van der Waals surface area contributed by atoms with Crippen molar-refractivity contribution in [3.05, 3.63) is 23.6 Å². The van der Waals surface area contributed by atoms with E-state index in [0.29, 0.717) is 6.61 Å². The summed E-state index contributed by atoms with van der Waals surface area (Å²) in [5.74, 6) is 3.54. The average Bonchev–Trinajstić information content (AvgIpc) is 3.28. The Labute approximate surface area is 146 Å². The zero-order valence-corrected chi connectivity index (χ0v) is 14.9. The summed E-state index contributed by atoms with van der Waals surface area (Å²) >= 11 is 0. The molecule has 1 aromatic carbocycles. The molecule has 5 rings (SSSR count). The highest BCUT2D eigenvalue weighted by molar-refractivity contribution is 5.93. The van der Waals surface area contributed by atoms with Gasteiger partial charge in [-0.2, -0.15) is 0 Å². The van der Waals surface area contributed by atoms with Gasteiger partial charge in [-0.25, -0.2) is 4.98 Å². The van der Waals surface area contributed by atoms with Gasteiger partial charge in [0.25, 0.3) is 0 Å². The van der Waals surface area contributed by atoms with Gasteiger partial charge in [0.2, 0.25) is 5.95 Å². The molecule has 1 unspecified atom stereocenters. The van der Waals surface area contributed by atoms with Crippen LogP contribution in [0.3, 0.4) is 0 Å². The van der Waals surface area contributed by atoms with E-state index in [9.17, 15) is 0 Å². The van der Waals surface area contributed by atoms with Gasteiger partial charge in [0.15, 0.2) is 5.75 Å². The molecule has 0 amide bonds. The summed E-state index contributed by atoms with van der Waals surface area (Å²) in [5, 5.41) is 4.10. The van der Waals surface area contributed by atoms with Crippen LogP contribution in [0.25, 0.3) is 22.2 Å². The molecule has 4 heterocycles. The second-order valence-corrected chi connectivity index (χ2v) is 7.26. The molecule has 0 saturated carbocycles. The lowest BCUT2D eigenvalue weighted by atomic mass is 10.0. The fourth-order valence-electron chi connectivity index (χ4n) is 4.20. The molecule has 6 nitrogen and oxygen atoms in total. The largest absolute Gasteiger partial charge is 0.489 e. The van der Waals surface area contributed by atoms with E-state index in [4.69, 9.17) is 14.2 Å². The zero-order valence-electron chi connectivity index (χ0n) is 14.9. The molecule has 0 bridgehead atoms. The van der Waals surface area contributed by atoms with E-state index in [-0.39, 0.29) is 0 Å². The van der Waals surface area contributed by atoms with Crippen LogP contribution in [0.1, 0.15) is 24.8 Å². The molecular formula is C19H22N4O2. The van der Waals surface area contributed by atoms with E-state index in [1.807, 2.05) is 13.8 Å². The smallest absolute Gasteiger partial charge is 0.206 e. The van der Waals surface area contributed by atoms with Crippen LogP contribution in [0.4, 0.5) is 5.95 Å². The van der Waals surface area contributed by atoms with Crippen molar-refractivity contribution in [3.8, 4) is 16.9 Å². The summed E-state index contributed by atoms with van der Waals surface area (Å²) in [6.07, 6.45) is 1.23. The van der Waals surface area contributed by atoms with Gasteiger partial charge in [-0.3, -0.25) is 0 Å². The third-order valence-corrected chi connectivity index (χ3v) is 5.41. The highest BCUT2D eigenvalue weighted by Gasteiger charge is 2.29. The number of imidazole rings is 1. The molecular weight excluding hydrogens is 316 g/mol.